The van der Waals surface area contributed by atoms with Gasteiger partial charge < -0.3 is 10.4 Å². The van der Waals surface area contributed by atoms with Crippen molar-refractivity contribution in [2.24, 2.45) is 0 Å². The molecular formula is C15H20N2O5. The number of benzene rings is 1. The Kier molecular flexibility index (Phi) is 6.03. The van der Waals surface area contributed by atoms with E-state index >= 15 is 0 Å². The third kappa shape index (κ3) is 4.28. The van der Waals surface area contributed by atoms with Crippen LogP contribution in [0, 0.1) is 24.0 Å². The highest BCUT2D eigenvalue weighted by Crippen LogP contribution is 2.22. The fraction of sp³-hybridized carbons (Fsp3) is 0.467. The molecule has 0 heterocycles. The van der Waals surface area contributed by atoms with Gasteiger partial charge in [-0.3, -0.25) is 14.9 Å². The zero-order valence-corrected chi connectivity index (χ0v) is 12.9. The maximum absolute atomic E-state index is 12.2. The molecule has 1 amide bonds. The highest BCUT2D eigenvalue weighted by Gasteiger charge is 2.23. The second-order valence-corrected chi connectivity index (χ2v) is 5.22. The summed E-state index contributed by atoms with van der Waals surface area (Å²) in [4.78, 5) is 33.8. The molecule has 1 aromatic carbocycles. The van der Waals surface area contributed by atoms with Crippen molar-refractivity contribution >= 4 is 17.6 Å². The number of nitrogens with one attached hydrogen (secondary N) is 1. The second-order valence-electron chi connectivity index (χ2n) is 5.22. The lowest BCUT2D eigenvalue weighted by Crippen LogP contribution is -2.41. The van der Waals surface area contributed by atoms with Crippen LogP contribution in [0.3, 0.4) is 0 Å². The Bertz CT molecular complexity index is 598. The van der Waals surface area contributed by atoms with Crippen molar-refractivity contribution in [3.63, 3.8) is 0 Å². The van der Waals surface area contributed by atoms with E-state index in [2.05, 4.69) is 5.32 Å². The molecule has 0 aliphatic carbocycles. The number of carbonyl (C=O) groups is 2. The molecule has 0 saturated heterocycles. The zero-order chi connectivity index (χ0) is 16.9. The van der Waals surface area contributed by atoms with E-state index in [0.29, 0.717) is 24.0 Å². The van der Waals surface area contributed by atoms with Gasteiger partial charge in [0.05, 0.1) is 4.92 Å². The van der Waals surface area contributed by atoms with Gasteiger partial charge in [0.25, 0.3) is 11.6 Å². The SMILES string of the molecule is CCCCC(NC(=O)c1cc([N+](=O)[O-])c(C)cc1C)C(=O)O. The van der Waals surface area contributed by atoms with Gasteiger partial charge in [-0.15, -0.1) is 0 Å². The quantitative estimate of drug-likeness (QED) is 0.594. The number of aliphatic carboxylic acids is 1. The van der Waals surface area contributed by atoms with Crippen LogP contribution in [-0.4, -0.2) is 27.9 Å². The average Bonchev–Trinajstić information content (AvgIpc) is 2.42. The van der Waals surface area contributed by atoms with Gasteiger partial charge in [0.2, 0.25) is 0 Å². The van der Waals surface area contributed by atoms with Gasteiger partial charge in [0.1, 0.15) is 6.04 Å². The first-order valence-corrected chi connectivity index (χ1v) is 7.07. The minimum absolute atomic E-state index is 0.125. The second kappa shape index (κ2) is 7.53. The van der Waals surface area contributed by atoms with Crippen molar-refractivity contribution in [1.82, 2.24) is 5.32 Å². The van der Waals surface area contributed by atoms with E-state index in [-0.39, 0.29) is 11.3 Å². The Labute approximate surface area is 128 Å². The van der Waals surface area contributed by atoms with Crippen LogP contribution in [0.2, 0.25) is 0 Å². The van der Waals surface area contributed by atoms with Crippen molar-refractivity contribution in [3.8, 4) is 0 Å². The first-order chi connectivity index (χ1) is 10.3. The topological polar surface area (TPSA) is 110 Å². The average molecular weight is 308 g/mol. The summed E-state index contributed by atoms with van der Waals surface area (Å²) in [7, 11) is 0. The van der Waals surface area contributed by atoms with E-state index in [0.717, 1.165) is 6.42 Å². The van der Waals surface area contributed by atoms with Crippen LogP contribution in [0.15, 0.2) is 12.1 Å². The highest BCUT2D eigenvalue weighted by molar-refractivity contribution is 5.98. The maximum atomic E-state index is 12.2. The number of carbonyl (C=O) groups excluding carboxylic acids is 1. The molecule has 0 saturated carbocycles. The van der Waals surface area contributed by atoms with Gasteiger partial charge in [-0.2, -0.15) is 0 Å². The molecule has 7 nitrogen and oxygen atoms in total. The van der Waals surface area contributed by atoms with Crippen LogP contribution in [0.1, 0.15) is 47.7 Å². The normalized spacial score (nSPS) is 11.8. The summed E-state index contributed by atoms with van der Waals surface area (Å²) in [5.41, 5.74) is 0.997. The molecule has 0 aromatic heterocycles. The standard InChI is InChI=1S/C15H20N2O5/c1-4-5-6-12(15(19)20)16-14(18)11-8-13(17(21)22)10(3)7-9(11)2/h7-8,12H,4-6H2,1-3H3,(H,16,18)(H,19,20). The first-order valence-electron chi connectivity index (χ1n) is 7.07. The van der Waals surface area contributed by atoms with Crippen molar-refractivity contribution in [2.75, 3.05) is 0 Å². The molecule has 1 unspecified atom stereocenters. The molecule has 7 heteroatoms. The fourth-order valence-corrected chi connectivity index (χ4v) is 2.18. The minimum Gasteiger partial charge on any atom is -0.480 e. The minimum atomic E-state index is -1.11. The van der Waals surface area contributed by atoms with Crippen LogP contribution >= 0.6 is 0 Å². The summed E-state index contributed by atoms with van der Waals surface area (Å²) >= 11 is 0. The Morgan fingerprint density at radius 2 is 1.95 bits per heavy atom. The van der Waals surface area contributed by atoms with Gasteiger partial charge >= 0.3 is 5.97 Å². The smallest absolute Gasteiger partial charge is 0.326 e. The largest absolute Gasteiger partial charge is 0.480 e. The number of aryl methyl sites for hydroxylation is 2. The summed E-state index contributed by atoms with van der Waals surface area (Å²) in [6.45, 7) is 5.18. The molecule has 2 N–H and O–H groups in total. The van der Waals surface area contributed by atoms with E-state index < -0.39 is 22.8 Å². The zero-order valence-electron chi connectivity index (χ0n) is 12.9. The Balaban J connectivity index is 3.04. The number of nitro benzene ring substituents is 1. The van der Waals surface area contributed by atoms with Crippen molar-refractivity contribution in [1.29, 1.82) is 0 Å². The number of rotatable bonds is 7. The molecule has 1 atom stereocenters. The first kappa shape index (κ1) is 17.6. The molecule has 0 fully saturated rings. The monoisotopic (exact) mass is 308 g/mol. The maximum Gasteiger partial charge on any atom is 0.326 e. The van der Waals surface area contributed by atoms with Gasteiger partial charge in [0.15, 0.2) is 0 Å². The van der Waals surface area contributed by atoms with E-state index in [1.54, 1.807) is 19.9 Å². The Morgan fingerprint density at radius 3 is 2.45 bits per heavy atom. The van der Waals surface area contributed by atoms with Gasteiger partial charge in [-0.25, -0.2) is 4.79 Å². The molecular weight excluding hydrogens is 288 g/mol. The van der Waals surface area contributed by atoms with Gasteiger partial charge in [0, 0.05) is 17.2 Å². The van der Waals surface area contributed by atoms with Gasteiger partial charge in [-0.05, 0) is 31.9 Å². The number of nitrogens with zero attached hydrogens (tertiary/aromatic N) is 1. The van der Waals surface area contributed by atoms with Crippen LogP contribution in [0.4, 0.5) is 5.69 Å². The lowest BCUT2D eigenvalue weighted by molar-refractivity contribution is -0.385. The molecule has 120 valence electrons. The van der Waals surface area contributed by atoms with Crippen LogP contribution in [0.25, 0.3) is 0 Å². The number of carboxylic acids is 1. The summed E-state index contributed by atoms with van der Waals surface area (Å²) in [5.74, 6) is -1.72. The van der Waals surface area contributed by atoms with Gasteiger partial charge in [-0.1, -0.05) is 19.8 Å². The number of amides is 1. The number of unbranched alkanes of at least 4 members (excludes halogenated alkanes) is 1. The molecule has 0 aliphatic rings. The van der Waals surface area contributed by atoms with Crippen LogP contribution < -0.4 is 5.32 Å². The van der Waals surface area contributed by atoms with Crippen molar-refractivity contribution < 1.29 is 19.6 Å². The summed E-state index contributed by atoms with van der Waals surface area (Å²) < 4.78 is 0. The molecule has 1 aromatic rings. The van der Waals surface area contributed by atoms with Crippen LogP contribution in [0.5, 0.6) is 0 Å². The van der Waals surface area contributed by atoms with E-state index in [1.807, 2.05) is 6.92 Å². The number of hydrogen-bond donors (Lipinski definition) is 2. The lowest BCUT2D eigenvalue weighted by atomic mass is 10.0. The van der Waals surface area contributed by atoms with E-state index in [9.17, 15) is 19.7 Å². The van der Waals surface area contributed by atoms with E-state index in [4.69, 9.17) is 5.11 Å². The summed E-state index contributed by atoms with van der Waals surface area (Å²) in [5, 5.41) is 22.5. The highest BCUT2D eigenvalue weighted by atomic mass is 16.6. The molecule has 0 spiro atoms. The molecule has 22 heavy (non-hydrogen) atoms. The summed E-state index contributed by atoms with van der Waals surface area (Å²) in [6, 6.07) is 1.75. The van der Waals surface area contributed by atoms with Crippen molar-refractivity contribution in [3.05, 3.63) is 38.9 Å². The molecule has 0 radical (unpaired) electrons. The lowest BCUT2D eigenvalue weighted by Gasteiger charge is -2.15. The number of carboxylic acid groups (broad SMARTS) is 1. The Hall–Kier alpha value is -2.44. The number of nitro groups is 1. The summed E-state index contributed by atoms with van der Waals surface area (Å²) in [6.07, 6.45) is 1.81. The van der Waals surface area contributed by atoms with Crippen molar-refractivity contribution in [2.45, 2.75) is 46.1 Å². The third-order valence-corrected chi connectivity index (χ3v) is 3.43. The Morgan fingerprint density at radius 1 is 1.32 bits per heavy atom. The number of hydrogen-bond acceptors (Lipinski definition) is 4. The fourth-order valence-electron chi connectivity index (χ4n) is 2.18. The molecule has 1 rings (SSSR count). The van der Waals surface area contributed by atoms with Crippen LogP contribution in [-0.2, 0) is 4.79 Å². The molecule has 0 aliphatic heterocycles. The predicted octanol–water partition coefficient (Wildman–Crippen LogP) is 2.58. The predicted molar refractivity (Wildman–Crippen MR) is 81.0 cm³/mol. The molecule has 0 bridgehead atoms. The van der Waals surface area contributed by atoms with E-state index in [1.165, 1.54) is 6.07 Å². The third-order valence-electron chi connectivity index (χ3n) is 3.43.